The minimum Gasteiger partial charge on any atom is -0.370 e. The Morgan fingerprint density at radius 1 is 0.875 bits per heavy atom. The number of carbonyl (C=O) groups is 2. The van der Waals surface area contributed by atoms with Crippen LogP contribution in [-0.2, 0) is 35.0 Å². The molecule has 0 atom stereocenters. The molecule has 3 aliphatic heterocycles. The zero-order valence-corrected chi connectivity index (χ0v) is 19.1. The standard InChI is InChI=1S/C25H29N3O3S/c29-23(17-26-9-7-19-3-1-2-4-21(19)16-26)18-28-10-8-20-15-22(5-6-24(20)25(28)30)27-11-13-32(31)14-12-27/h1-6,15H,7-14,16-18H2. The molecule has 0 N–H and O–H groups in total. The molecule has 3 aliphatic rings. The number of fused-ring (bicyclic) bond motifs is 2. The van der Waals surface area contributed by atoms with E-state index in [1.807, 2.05) is 18.2 Å². The summed E-state index contributed by atoms with van der Waals surface area (Å²) < 4.78 is 11.6. The van der Waals surface area contributed by atoms with E-state index in [1.165, 1.54) is 11.1 Å². The van der Waals surface area contributed by atoms with Gasteiger partial charge in [0, 0.05) is 66.3 Å². The van der Waals surface area contributed by atoms with E-state index >= 15 is 0 Å². The van der Waals surface area contributed by atoms with Gasteiger partial charge in [0.15, 0.2) is 5.78 Å². The van der Waals surface area contributed by atoms with E-state index in [2.05, 4.69) is 34.1 Å². The van der Waals surface area contributed by atoms with Gasteiger partial charge in [-0.2, -0.15) is 0 Å². The molecule has 0 unspecified atom stereocenters. The normalized spacial score (nSPS) is 19.6. The first-order valence-corrected chi connectivity index (χ1v) is 12.9. The second-order valence-electron chi connectivity index (χ2n) is 8.92. The van der Waals surface area contributed by atoms with Gasteiger partial charge in [-0.1, -0.05) is 24.3 Å². The summed E-state index contributed by atoms with van der Waals surface area (Å²) in [5, 5.41) is 0. The third kappa shape index (κ3) is 4.50. The molecule has 2 aromatic carbocycles. The summed E-state index contributed by atoms with van der Waals surface area (Å²) in [7, 11) is -0.705. The molecule has 0 aliphatic carbocycles. The average molecular weight is 452 g/mol. The van der Waals surface area contributed by atoms with Crippen molar-refractivity contribution in [2.45, 2.75) is 19.4 Å². The van der Waals surface area contributed by atoms with Gasteiger partial charge in [0.05, 0.1) is 13.1 Å². The number of ketones is 1. The van der Waals surface area contributed by atoms with Crippen LogP contribution in [0, 0.1) is 0 Å². The lowest BCUT2D eigenvalue weighted by Gasteiger charge is -2.32. The molecule has 1 saturated heterocycles. The van der Waals surface area contributed by atoms with Gasteiger partial charge < -0.3 is 9.80 Å². The number of anilines is 1. The highest BCUT2D eigenvalue weighted by molar-refractivity contribution is 7.85. The Morgan fingerprint density at radius 3 is 2.44 bits per heavy atom. The van der Waals surface area contributed by atoms with E-state index in [1.54, 1.807) is 4.90 Å². The predicted octanol–water partition coefficient (Wildman–Crippen LogP) is 1.88. The molecule has 0 spiro atoms. The first-order valence-electron chi connectivity index (χ1n) is 11.4. The zero-order valence-electron chi connectivity index (χ0n) is 18.3. The van der Waals surface area contributed by atoms with Crippen molar-refractivity contribution in [3.8, 4) is 0 Å². The van der Waals surface area contributed by atoms with Crippen LogP contribution in [0.15, 0.2) is 42.5 Å². The Labute approximate surface area is 191 Å². The number of hydrogen-bond donors (Lipinski definition) is 0. The maximum atomic E-state index is 13.0. The van der Waals surface area contributed by atoms with Crippen molar-refractivity contribution >= 4 is 28.2 Å². The van der Waals surface area contributed by atoms with Crippen LogP contribution in [-0.4, -0.2) is 76.5 Å². The van der Waals surface area contributed by atoms with E-state index in [0.717, 1.165) is 50.3 Å². The molecule has 6 nitrogen and oxygen atoms in total. The molecule has 7 heteroatoms. The fourth-order valence-electron chi connectivity index (χ4n) is 4.97. The fraction of sp³-hybridized carbons (Fsp3) is 0.440. The molecule has 168 valence electrons. The summed E-state index contributed by atoms with van der Waals surface area (Å²) in [6.07, 6.45) is 1.73. The highest BCUT2D eigenvalue weighted by Gasteiger charge is 2.28. The van der Waals surface area contributed by atoms with Gasteiger partial charge in [-0.3, -0.25) is 18.7 Å². The number of rotatable bonds is 5. The van der Waals surface area contributed by atoms with Crippen LogP contribution in [0.25, 0.3) is 0 Å². The topological polar surface area (TPSA) is 60.9 Å². The third-order valence-corrected chi connectivity index (χ3v) is 8.05. The number of carbonyl (C=O) groups excluding carboxylic acids is 2. The van der Waals surface area contributed by atoms with Crippen molar-refractivity contribution in [1.29, 1.82) is 0 Å². The molecule has 5 rings (SSSR count). The summed E-state index contributed by atoms with van der Waals surface area (Å²) in [4.78, 5) is 31.9. The summed E-state index contributed by atoms with van der Waals surface area (Å²) in [6, 6.07) is 14.4. The Balaban J connectivity index is 1.19. The molecular formula is C25H29N3O3S. The molecular weight excluding hydrogens is 422 g/mol. The van der Waals surface area contributed by atoms with Gasteiger partial charge >= 0.3 is 0 Å². The van der Waals surface area contributed by atoms with Gasteiger partial charge in [0.1, 0.15) is 0 Å². The molecule has 3 heterocycles. The molecule has 32 heavy (non-hydrogen) atoms. The van der Waals surface area contributed by atoms with E-state index < -0.39 is 10.8 Å². The van der Waals surface area contributed by atoms with Crippen molar-refractivity contribution in [2.24, 2.45) is 0 Å². The van der Waals surface area contributed by atoms with Crippen molar-refractivity contribution < 1.29 is 13.8 Å². The molecule has 0 radical (unpaired) electrons. The maximum absolute atomic E-state index is 13.0. The number of nitrogens with zero attached hydrogens (tertiary/aromatic N) is 3. The van der Waals surface area contributed by atoms with Crippen LogP contribution in [0.1, 0.15) is 27.0 Å². The monoisotopic (exact) mass is 451 g/mol. The minimum atomic E-state index is -0.705. The highest BCUT2D eigenvalue weighted by Crippen LogP contribution is 2.26. The first-order chi connectivity index (χ1) is 15.6. The third-order valence-electron chi connectivity index (χ3n) is 6.78. The van der Waals surface area contributed by atoms with Gasteiger partial charge in [-0.05, 0) is 47.7 Å². The quantitative estimate of drug-likeness (QED) is 0.695. The van der Waals surface area contributed by atoms with Crippen LogP contribution < -0.4 is 4.90 Å². The van der Waals surface area contributed by atoms with E-state index in [0.29, 0.717) is 30.2 Å². The van der Waals surface area contributed by atoms with Gasteiger partial charge in [0.25, 0.3) is 5.91 Å². The van der Waals surface area contributed by atoms with Crippen LogP contribution >= 0.6 is 0 Å². The number of benzene rings is 2. The van der Waals surface area contributed by atoms with Crippen molar-refractivity contribution in [2.75, 3.05) is 55.7 Å². The van der Waals surface area contributed by atoms with Crippen LogP contribution in [0.4, 0.5) is 5.69 Å². The molecule has 2 aromatic rings. The largest absolute Gasteiger partial charge is 0.370 e. The lowest BCUT2D eigenvalue weighted by Crippen LogP contribution is -2.44. The summed E-state index contributed by atoms with van der Waals surface area (Å²) >= 11 is 0. The average Bonchev–Trinajstić information content (AvgIpc) is 2.81. The Hall–Kier alpha value is -2.51. The van der Waals surface area contributed by atoms with E-state index in [-0.39, 0.29) is 18.2 Å². The van der Waals surface area contributed by atoms with Gasteiger partial charge in [-0.15, -0.1) is 0 Å². The van der Waals surface area contributed by atoms with Gasteiger partial charge in [-0.25, -0.2) is 0 Å². The maximum Gasteiger partial charge on any atom is 0.254 e. The van der Waals surface area contributed by atoms with E-state index in [9.17, 15) is 13.8 Å². The fourth-order valence-corrected chi connectivity index (χ4v) is 6.02. The second-order valence-corrected chi connectivity index (χ2v) is 10.6. The zero-order chi connectivity index (χ0) is 22.1. The van der Waals surface area contributed by atoms with Crippen LogP contribution in [0.2, 0.25) is 0 Å². The van der Waals surface area contributed by atoms with Crippen molar-refractivity contribution in [1.82, 2.24) is 9.80 Å². The molecule has 1 fully saturated rings. The molecule has 1 amide bonds. The second kappa shape index (κ2) is 9.16. The Kier molecular flexibility index (Phi) is 6.11. The van der Waals surface area contributed by atoms with Crippen LogP contribution in [0.3, 0.4) is 0 Å². The minimum absolute atomic E-state index is 0.0464. The number of Topliss-reactive ketones (excluding diaryl/α,β-unsaturated/α-hetero) is 1. The summed E-state index contributed by atoms with van der Waals surface area (Å²) in [5.41, 5.74) is 5.53. The predicted molar refractivity (Wildman–Crippen MR) is 127 cm³/mol. The Bertz CT molecular complexity index is 1060. The summed E-state index contributed by atoms with van der Waals surface area (Å²) in [6.45, 7) is 4.41. The SMILES string of the molecule is O=C(CN1CCc2ccccc2C1)CN1CCc2cc(N3CCS(=O)CC3)ccc2C1=O. The van der Waals surface area contributed by atoms with Crippen molar-refractivity contribution in [3.05, 3.63) is 64.7 Å². The molecule has 0 saturated carbocycles. The molecule has 0 aromatic heterocycles. The number of hydrogen-bond acceptors (Lipinski definition) is 5. The van der Waals surface area contributed by atoms with E-state index in [4.69, 9.17) is 0 Å². The smallest absolute Gasteiger partial charge is 0.254 e. The lowest BCUT2D eigenvalue weighted by molar-refractivity contribution is -0.121. The van der Waals surface area contributed by atoms with Crippen LogP contribution in [0.5, 0.6) is 0 Å². The first kappa shape index (κ1) is 21.3. The lowest BCUT2D eigenvalue weighted by atomic mass is 9.97. The highest BCUT2D eigenvalue weighted by atomic mass is 32.2. The molecule has 0 bridgehead atoms. The van der Waals surface area contributed by atoms with Gasteiger partial charge in [0.2, 0.25) is 0 Å². The van der Waals surface area contributed by atoms with Crippen molar-refractivity contribution in [3.63, 3.8) is 0 Å². The number of amides is 1. The Morgan fingerprint density at radius 2 is 1.62 bits per heavy atom. The summed E-state index contributed by atoms with van der Waals surface area (Å²) in [5.74, 6) is 1.46.